The summed E-state index contributed by atoms with van der Waals surface area (Å²) in [5.41, 5.74) is -3.65. The number of rotatable bonds is 5. The molecule has 25 heavy (non-hydrogen) atoms. The first-order valence-electron chi connectivity index (χ1n) is 7.67. The van der Waals surface area contributed by atoms with Crippen LogP contribution in [0.5, 0.6) is 5.75 Å². The average Bonchev–Trinajstić information content (AvgIpc) is 3.02. The number of ether oxygens (including phenoxy) is 2. The third-order valence-corrected chi connectivity index (χ3v) is 4.20. The molecule has 2 rings (SSSR count). The Balaban J connectivity index is 2.56. The molecule has 1 aromatic carbocycles. The molecular weight excluding hydrogens is 344 g/mol. The number of benzene rings is 1. The Morgan fingerprint density at radius 2 is 2.04 bits per heavy atom. The van der Waals surface area contributed by atoms with Crippen LogP contribution in [0.3, 0.4) is 0 Å². The minimum absolute atomic E-state index is 0.00391. The fourth-order valence-electron chi connectivity index (χ4n) is 3.08. The minimum atomic E-state index is -5.26. The van der Waals surface area contributed by atoms with E-state index in [4.69, 9.17) is 4.74 Å². The van der Waals surface area contributed by atoms with Gasteiger partial charge in [-0.3, -0.25) is 0 Å². The van der Waals surface area contributed by atoms with Gasteiger partial charge in [0.25, 0.3) is 5.60 Å². The Hall–Kier alpha value is -2.09. The molecule has 1 aliphatic rings. The van der Waals surface area contributed by atoms with E-state index in [0.717, 1.165) is 6.07 Å². The summed E-state index contributed by atoms with van der Waals surface area (Å²) < 4.78 is 64.1. The Morgan fingerprint density at radius 3 is 2.60 bits per heavy atom. The molecule has 0 radical (unpaired) electrons. The zero-order chi connectivity index (χ0) is 18.8. The van der Waals surface area contributed by atoms with Gasteiger partial charge < -0.3 is 14.6 Å². The van der Waals surface area contributed by atoms with Crippen molar-refractivity contribution in [1.82, 2.24) is 0 Å². The van der Waals surface area contributed by atoms with Crippen LogP contribution in [0.2, 0.25) is 0 Å². The SMILES string of the molecule is CCOC(=O)C(O)(C1CCC=C1c1cccc(F)c1OC)C(F)(F)F. The van der Waals surface area contributed by atoms with E-state index in [9.17, 15) is 27.5 Å². The third kappa shape index (κ3) is 3.22. The second-order valence-corrected chi connectivity index (χ2v) is 5.59. The molecule has 0 bridgehead atoms. The van der Waals surface area contributed by atoms with E-state index in [1.807, 2.05) is 0 Å². The maximum atomic E-state index is 13.9. The summed E-state index contributed by atoms with van der Waals surface area (Å²) in [4.78, 5) is 12.0. The van der Waals surface area contributed by atoms with Gasteiger partial charge in [-0.05, 0) is 31.4 Å². The lowest BCUT2D eigenvalue weighted by molar-refractivity contribution is -0.272. The van der Waals surface area contributed by atoms with Crippen molar-refractivity contribution < 1.29 is 36.9 Å². The number of aliphatic hydroxyl groups is 1. The first kappa shape index (κ1) is 19.2. The fraction of sp³-hybridized carbons (Fsp3) is 0.471. The molecule has 1 aliphatic carbocycles. The first-order valence-corrected chi connectivity index (χ1v) is 7.67. The van der Waals surface area contributed by atoms with Gasteiger partial charge in [0.15, 0.2) is 11.6 Å². The summed E-state index contributed by atoms with van der Waals surface area (Å²) in [5.74, 6) is -4.38. The zero-order valence-electron chi connectivity index (χ0n) is 13.7. The number of carbonyl (C=O) groups is 1. The van der Waals surface area contributed by atoms with E-state index in [0.29, 0.717) is 0 Å². The largest absolute Gasteiger partial charge is 0.493 e. The maximum absolute atomic E-state index is 13.9. The van der Waals surface area contributed by atoms with Gasteiger partial charge in [0.2, 0.25) is 0 Å². The summed E-state index contributed by atoms with van der Waals surface area (Å²) in [6.07, 6.45) is -3.76. The summed E-state index contributed by atoms with van der Waals surface area (Å²) in [6, 6.07) is 3.81. The van der Waals surface area contributed by atoms with Crippen LogP contribution < -0.4 is 4.74 Å². The van der Waals surface area contributed by atoms with Crippen LogP contribution >= 0.6 is 0 Å². The molecule has 1 N–H and O–H groups in total. The molecular formula is C17H18F4O4. The molecule has 4 nitrogen and oxygen atoms in total. The second-order valence-electron chi connectivity index (χ2n) is 5.59. The van der Waals surface area contributed by atoms with Crippen molar-refractivity contribution in [3.05, 3.63) is 35.7 Å². The highest BCUT2D eigenvalue weighted by atomic mass is 19.4. The molecule has 8 heteroatoms. The second kappa shape index (κ2) is 7.03. The Kier molecular flexibility index (Phi) is 5.41. The smallest absolute Gasteiger partial charge is 0.428 e. The monoisotopic (exact) mass is 362 g/mol. The van der Waals surface area contributed by atoms with Crippen molar-refractivity contribution in [2.45, 2.75) is 31.5 Å². The van der Waals surface area contributed by atoms with Crippen molar-refractivity contribution in [3.63, 3.8) is 0 Å². The molecule has 0 amide bonds. The lowest BCUT2D eigenvalue weighted by Gasteiger charge is -2.35. The van der Waals surface area contributed by atoms with E-state index in [2.05, 4.69) is 4.74 Å². The van der Waals surface area contributed by atoms with Gasteiger partial charge >= 0.3 is 12.1 Å². The van der Waals surface area contributed by atoms with Gasteiger partial charge in [0.05, 0.1) is 13.7 Å². The molecule has 0 saturated heterocycles. The predicted molar refractivity (Wildman–Crippen MR) is 81.3 cm³/mol. The highest BCUT2D eigenvalue weighted by Gasteiger charge is 2.66. The summed E-state index contributed by atoms with van der Waals surface area (Å²) in [7, 11) is 1.19. The molecule has 0 spiro atoms. The molecule has 0 fully saturated rings. The maximum Gasteiger partial charge on any atom is 0.428 e. The van der Waals surface area contributed by atoms with Gasteiger partial charge in [-0.15, -0.1) is 0 Å². The normalized spacial score (nSPS) is 20.0. The van der Waals surface area contributed by atoms with Crippen LogP contribution in [0.4, 0.5) is 17.6 Å². The molecule has 0 heterocycles. The highest BCUT2D eigenvalue weighted by molar-refractivity contribution is 5.87. The number of methoxy groups -OCH3 is 1. The van der Waals surface area contributed by atoms with E-state index >= 15 is 0 Å². The molecule has 2 unspecified atom stereocenters. The molecule has 0 aliphatic heterocycles. The fourth-order valence-corrected chi connectivity index (χ4v) is 3.08. The quantitative estimate of drug-likeness (QED) is 0.644. The van der Waals surface area contributed by atoms with Gasteiger partial charge in [-0.1, -0.05) is 18.2 Å². The lowest BCUT2D eigenvalue weighted by Crippen LogP contribution is -2.58. The van der Waals surface area contributed by atoms with Crippen LogP contribution in [0.25, 0.3) is 5.57 Å². The molecule has 1 aromatic rings. The van der Waals surface area contributed by atoms with Crippen molar-refractivity contribution >= 4 is 11.5 Å². The predicted octanol–water partition coefficient (Wildman–Crippen LogP) is 3.48. The number of alkyl halides is 3. The summed E-state index contributed by atoms with van der Waals surface area (Å²) in [6.45, 7) is 1.03. The molecule has 0 saturated carbocycles. The Labute approximate surface area is 142 Å². The Bertz CT molecular complexity index is 684. The number of allylic oxidation sites excluding steroid dienone is 1. The minimum Gasteiger partial charge on any atom is -0.493 e. The van der Waals surface area contributed by atoms with Crippen molar-refractivity contribution in [3.8, 4) is 5.75 Å². The van der Waals surface area contributed by atoms with Crippen LogP contribution in [-0.4, -0.2) is 36.6 Å². The van der Waals surface area contributed by atoms with Crippen molar-refractivity contribution in [1.29, 1.82) is 0 Å². The number of hydrogen-bond acceptors (Lipinski definition) is 4. The summed E-state index contributed by atoms with van der Waals surface area (Å²) in [5, 5.41) is 10.3. The lowest BCUT2D eigenvalue weighted by atomic mass is 9.79. The molecule has 0 aromatic heterocycles. The highest BCUT2D eigenvalue weighted by Crippen LogP contribution is 2.50. The standard InChI is InChI=1S/C17H18F4O4/c1-3-25-15(22)16(23,17(19,20)21)12-8-4-6-10(12)11-7-5-9-13(18)14(11)24-2/h5-7,9,12,23H,3-4,8H2,1-2H3. The van der Waals surface area contributed by atoms with E-state index in [1.165, 1.54) is 32.2 Å². The zero-order valence-corrected chi connectivity index (χ0v) is 13.7. The van der Waals surface area contributed by atoms with Crippen molar-refractivity contribution in [2.24, 2.45) is 5.92 Å². The van der Waals surface area contributed by atoms with Gasteiger partial charge in [-0.2, -0.15) is 13.2 Å². The Morgan fingerprint density at radius 1 is 1.36 bits per heavy atom. The number of carbonyl (C=O) groups excluding carboxylic acids is 1. The topological polar surface area (TPSA) is 55.8 Å². The number of hydrogen-bond donors (Lipinski definition) is 1. The molecule has 138 valence electrons. The van der Waals surface area contributed by atoms with Gasteiger partial charge in [0, 0.05) is 11.5 Å². The third-order valence-electron chi connectivity index (χ3n) is 4.20. The van der Waals surface area contributed by atoms with Gasteiger partial charge in [-0.25, -0.2) is 9.18 Å². The van der Waals surface area contributed by atoms with Crippen LogP contribution in [0, 0.1) is 11.7 Å². The van der Waals surface area contributed by atoms with E-state index < -0.39 is 29.5 Å². The number of halogens is 4. The van der Waals surface area contributed by atoms with Crippen LogP contribution in [-0.2, 0) is 9.53 Å². The van der Waals surface area contributed by atoms with E-state index in [-0.39, 0.29) is 36.3 Å². The summed E-state index contributed by atoms with van der Waals surface area (Å²) >= 11 is 0. The number of esters is 1. The van der Waals surface area contributed by atoms with E-state index in [1.54, 1.807) is 0 Å². The average molecular weight is 362 g/mol. The van der Waals surface area contributed by atoms with Crippen LogP contribution in [0.15, 0.2) is 24.3 Å². The van der Waals surface area contributed by atoms with Gasteiger partial charge in [0.1, 0.15) is 0 Å². The van der Waals surface area contributed by atoms with Crippen LogP contribution in [0.1, 0.15) is 25.3 Å². The first-order chi connectivity index (χ1) is 11.7. The van der Waals surface area contributed by atoms with Crippen molar-refractivity contribution in [2.75, 3.05) is 13.7 Å². The molecule has 2 atom stereocenters. The number of para-hydroxylation sites is 1.